The van der Waals surface area contributed by atoms with E-state index in [4.69, 9.17) is 16.3 Å². The van der Waals surface area contributed by atoms with Crippen LogP contribution in [0.3, 0.4) is 0 Å². The van der Waals surface area contributed by atoms with E-state index >= 15 is 0 Å². The Morgan fingerprint density at radius 2 is 1.67 bits per heavy atom. The third-order valence-electron chi connectivity index (χ3n) is 4.47. The number of hydrogen-bond acceptors (Lipinski definition) is 3. The number of fused-ring (bicyclic) bond motifs is 1. The van der Waals surface area contributed by atoms with E-state index in [2.05, 4.69) is 5.32 Å². The van der Waals surface area contributed by atoms with Gasteiger partial charge in [-0.25, -0.2) is 0 Å². The Kier molecular flexibility index (Phi) is 4.65. The molecule has 4 rings (SSSR count). The first-order chi connectivity index (χ1) is 13.1. The van der Waals surface area contributed by atoms with E-state index in [-0.39, 0.29) is 11.7 Å². The molecule has 1 amide bonds. The molecule has 0 fully saturated rings. The zero-order valence-corrected chi connectivity index (χ0v) is 15.1. The summed E-state index contributed by atoms with van der Waals surface area (Å²) >= 11 is 5.89. The van der Waals surface area contributed by atoms with E-state index in [0.717, 1.165) is 17.7 Å². The predicted octanol–water partition coefficient (Wildman–Crippen LogP) is 4.76. The maximum absolute atomic E-state index is 12.8. The Bertz CT molecular complexity index is 1030. The van der Waals surface area contributed by atoms with Crippen LogP contribution in [0.15, 0.2) is 66.7 Å². The molecule has 27 heavy (non-hydrogen) atoms. The van der Waals surface area contributed by atoms with Crippen LogP contribution in [-0.2, 0) is 6.42 Å². The molecule has 0 saturated heterocycles. The lowest BCUT2D eigenvalue weighted by Gasteiger charge is -2.10. The molecule has 0 saturated carbocycles. The van der Waals surface area contributed by atoms with Crippen molar-refractivity contribution >= 4 is 29.0 Å². The van der Waals surface area contributed by atoms with E-state index in [1.54, 1.807) is 54.6 Å². The first kappa shape index (κ1) is 17.3. The van der Waals surface area contributed by atoms with Crippen LogP contribution >= 0.6 is 11.6 Å². The van der Waals surface area contributed by atoms with E-state index in [9.17, 15) is 9.59 Å². The first-order valence-electron chi connectivity index (χ1n) is 8.58. The number of ketones is 1. The van der Waals surface area contributed by atoms with Crippen molar-refractivity contribution in [1.82, 2.24) is 0 Å². The van der Waals surface area contributed by atoms with Crippen LogP contribution in [0.2, 0.25) is 5.02 Å². The Hall–Kier alpha value is -3.11. The van der Waals surface area contributed by atoms with E-state index in [1.807, 2.05) is 12.1 Å². The predicted molar refractivity (Wildman–Crippen MR) is 105 cm³/mol. The molecule has 0 unspecified atom stereocenters. The van der Waals surface area contributed by atoms with Crippen molar-refractivity contribution in [3.63, 3.8) is 0 Å². The van der Waals surface area contributed by atoms with Crippen LogP contribution in [0, 0.1) is 0 Å². The van der Waals surface area contributed by atoms with Gasteiger partial charge >= 0.3 is 0 Å². The lowest BCUT2D eigenvalue weighted by molar-refractivity contribution is 0.0996. The van der Waals surface area contributed by atoms with Crippen LogP contribution in [0.25, 0.3) is 0 Å². The van der Waals surface area contributed by atoms with Gasteiger partial charge in [0, 0.05) is 28.3 Å². The molecule has 5 heteroatoms. The van der Waals surface area contributed by atoms with Gasteiger partial charge in [-0.05, 0) is 54.1 Å². The molecule has 1 heterocycles. The number of carbonyl (C=O) groups is 2. The highest BCUT2D eigenvalue weighted by atomic mass is 35.5. The number of rotatable bonds is 4. The van der Waals surface area contributed by atoms with E-state index < -0.39 is 0 Å². The van der Waals surface area contributed by atoms with Gasteiger partial charge in [0.2, 0.25) is 0 Å². The summed E-state index contributed by atoms with van der Waals surface area (Å²) in [7, 11) is 0. The molecule has 0 aliphatic carbocycles. The van der Waals surface area contributed by atoms with Crippen LogP contribution in [-0.4, -0.2) is 18.3 Å². The van der Waals surface area contributed by atoms with Crippen LogP contribution in [0.1, 0.15) is 31.8 Å². The Morgan fingerprint density at radius 1 is 0.926 bits per heavy atom. The van der Waals surface area contributed by atoms with Crippen molar-refractivity contribution in [3.8, 4) is 5.75 Å². The molecular formula is C22H16ClNO3. The zero-order chi connectivity index (χ0) is 18.8. The second-order valence-corrected chi connectivity index (χ2v) is 6.69. The molecule has 1 N–H and O–H groups in total. The fourth-order valence-electron chi connectivity index (χ4n) is 3.10. The molecule has 0 radical (unpaired) electrons. The molecule has 1 aliphatic rings. The highest BCUT2D eigenvalue weighted by Gasteiger charge is 2.19. The summed E-state index contributed by atoms with van der Waals surface area (Å²) in [5, 5.41) is 3.43. The SMILES string of the molecule is O=C(Nc1ccc2c(c1)CCO2)c1ccccc1C(=O)c1ccc(Cl)cc1. The minimum absolute atomic E-state index is 0.222. The minimum Gasteiger partial charge on any atom is -0.493 e. The fourth-order valence-corrected chi connectivity index (χ4v) is 3.22. The largest absolute Gasteiger partial charge is 0.493 e. The van der Waals surface area contributed by atoms with Gasteiger partial charge in [-0.1, -0.05) is 29.8 Å². The van der Waals surface area contributed by atoms with Gasteiger partial charge in [0.1, 0.15) is 5.75 Å². The number of carbonyl (C=O) groups excluding carboxylic acids is 2. The third kappa shape index (κ3) is 3.57. The number of ether oxygens (including phenoxy) is 1. The smallest absolute Gasteiger partial charge is 0.256 e. The molecule has 1 aliphatic heterocycles. The second-order valence-electron chi connectivity index (χ2n) is 6.26. The lowest BCUT2D eigenvalue weighted by Crippen LogP contribution is -2.17. The Labute approximate surface area is 161 Å². The first-order valence-corrected chi connectivity index (χ1v) is 8.96. The molecule has 0 bridgehead atoms. The number of benzene rings is 3. The fraction of sp³-hybridized carbons (Fsp3) is 0.0909. The van der Waals surface area contributed by atoms with Gasteiger partial charge < -0.3 is 10.1 Å². The topological polar surface area (TPSA) is 55.4 Å². The normalized spacial score (nSPS) is 12.2. The lowest BCUT2D eigenvalue weighted by atomic mass is 9.98. The maximum Gasteiger partial charge on any atom is 0.256 e. The highest BCUT2D eigenvalue weighted by molar-refractivity contribution is 6.30. The van der Waals surface area contributed by atoms with Gasteiger partial charge in [-0.3, -0.25) is 9.59 Å². The van der Waals surface area contributed by atoms with Crippen molar-refractivity contribution in [2.75, 3.05) is 11.9 Å². The molecule has 3 aromatic rings. The van der Waals surface area contributed by atoms with Crippen LogP contribution in [0.5, 0.6) is 5.75 Å². The van der Waals surface area contributed by atoms with Gasteiger partial charge in [0.25, 0.3) is 5.91 Å². The average Bonchev–Trinajstić information content (AvgIpc) is 3.16. The van der Waals surface area contributed by atoms with Crippen molar-refractivity contribution in [1.29, 1.82) is 0 Å². The van der Waals surface area contributed by atoms with Crippen molar-refractivity contribution < 1.29 is 14.3 Å². The van der Waals surface area contributed by atoms with Gasteiger partial charge in [0.15, 0.2) is 5.78 Å². The number of amides is 1. The second kappa shape index (κ2) is 7.25. The number of halogens is 1. The standard InChI is InChI=1S/C22H16ClNO3/c23-16-7-5-14(6-8-16)21(25)18-3-1-2-4-19(18)22(26)24-17-9-10-20-15(13-17)11-12-27-20/h1-10,13H,11-12H2,(H,24,26). The summed E-state index contributed by atoms with van der Waals surface area (Å²) in [5.41, 5.74) is 2.90. The molecule has 3 aromatic carbocycles. The molecule has 0 atom stereocenters. The number of anilines is 1. The zero-order valence-electron chi connectivity index (χ0n) is 14.4. The van der Waals surface area contributed by atoms with Gasteiger partial charge in [-0.15, -0.1) is 0 Å². The molecule has 0 aromatic heterocycles. The summed E-state index contributed by atoms with van der Waals surface area (Å²) in [6.45, 7) is 0.658. The molecule has 4 nitrogen and oxygen atoms in total. The van der Waals surface area contributed by atoms with Gasteiger partial charge in [-0.2, -0.15) is 0 Å². The van der Waals surface area contributed by atoms with Gasteiger partial charge in [0.05, 0.1) is 12.2 Å². The number of hydrogen-bond donors (Lipinski definition) is 1. The van der Waals surface area contributed by atoms with Crippen molar-refractivity contribution in [3.05, 3.63) is 94.0 Å². The molecule has 134 valence electrons. The number of nitrogens with one attached hydrogen (secondary N) is 1. The Morgan fingerprint density at radius 3 is 2.44 bits per heavy atom. The molecular weight excluding hydrogens is 362 g/mol. The third-order valence-corrected chi connectivity index (χ3v) is 4.72. The monoisotopic (exact) mass is 377 g/mol. The summed E-state index contributed by atoms with van der Waals surface area (Å²) in [6, 6.07) is 19.0. The summed E-state index contributed by atoms with van der Waals surface area (Å²) in [5.74, 6) is 0.304. The minimum atomic E-state index is -0.327. The maximum atomic E-state index is 12.8. The van der Waals surface area contributed by atoms with Crippen molar-refractivity contribution in [2.45, 2.75) is 6.42 Å². The quantitative estimate of drug-likeness (QED) is 0.667. The summed E-state index contributed by atoms with van der Waals surface area (Å²) in [4.78, 5) is 25.7. The van der Waals surface area contributed by atoms with E-state index in [0.29, 0.717) is 34.0 Å². The summed E-state index contributed by atoms with van der Waals surface area (Å²) in [6.07, 6.45) is 0.824. The highest BCUT2D eigenvalue weighted by Crippen LogP contribution is 2.28. The average molecular weight is 378 g/mol. The summed E-state index contributed by atoms with van der Waals surface area (Å²) < 4.78 is 5.48. The van der Waals surface area contributed by atoms with E-state index in [1.165, 1.54) is 0 Å². The van der Waals surface area contributed by atoms with Crippen molar-refractivity contribution in [2.24, 2.45) is 0 Å². The van der Waals surface area contributed by atoms with Crippen LogP contribution < -0.4 is 10.1 Å². The Balaban J connectivity index is 1.61. The molecule has 0 spiro atoms. The van der Waals surface area contributed by atoms with Crippen LogP contribution in [0.4, 0.5) is 5.69 Å².